The molecule has 1 aliphatic heterocycles. The monoisotopic (exact) mass is 257 g/mol. The van der Waals surface area contributed by atoms with Gasteiger partial charge in [0.05, 0.1) is 13.2 Å². The smallest absolute Gasteiger partial charge is 0.258 e. The fourth-order valence-corrected chi connectivity index (χ4v) is 2.16. The summed E-state index contributed by atoms with van der Waals surface area (Å²) in [6, 6.07) is 2.39. The van der Waals surface area contributed by atoms with Crippen LogP contribution in [0, 0.1) is 0 Å². The molecule has 0 unspecified atom stereocenters. The molecule has 0 aromatic carbocycles. The van der Waals surface area contributed by atoms with Gasteiger partial charge in [-0.1, -0.05) is 6.07 Å². The van der Waals surface area contributed by atoms with Crippen LogP contribution in [0.2, 0.25) is 0 Å². The second kappa shape index (κ2) is 6.06. The standard InChI is InChI=1S/C12H17F2N3O/c1-18-10-3-2-9(8-16-10)11(12(13)14)17-6-4-15-5-7-17/h2-3,8,11-12,15H,4-7H2,1H3/t11-/m1/s1. The Labute approximate surface area is 105 Å². The van der Waals surface area contributed by atoms with Gasteiger partial charge in [0.2, 0.25) is 5.88 Å². The van der Waals surface area contributed by atoms with Gasteiger partial charge in [-0.2, -0.15) is 0 Å². The summed E-state index contributed by atoms with van der Waals surface area (Å²) in [4.78, 5) is 5.79. The fraction of sp³-hybridized carbons (Fsp3) is 0.583. The number of aromatic nitrogens is 1. The summed E-state index contributed by atoms with van der Waals surface area (Å²) >= 11 is 0. The van der Waals surface area contributed by atoms with E-state index in [0.717, 1.165) is 13.1 Å². The zero-order valence-electron chi connectivity index (χ0n) is 10.3. The molecule has 0 radical (unpaired) electrons. The van der Waals surface area contributed by atoms with Crippen molar-refractivity contribution in [1.82, 2.24) is 15.2 Å². The summed E-state index contributed by atoms with van der Waals surface area (Å²) in [5, 5.41) is 3.16. The van der Waals surface area contributed by atoms with E-state index in [-0.39, 0.29) is 0 Å². The van der Waals surface area contributed by atoms with E-state index in [2.05, 4.69) is 10.3 Å². The number of nitrogens with one attached hydrogen (secondary N) is 1. The maximum Gasteiger partial charge on any atom is 0.258 e. The van der Waals surface area contributed by atoms with Crippen LogP contribution < -0.4 is 10.1 Å². The minimum Gasteiger partial charge on any atom is -0.481 e. The number of nitrogens with zero attached hydrogens (tertiary/aromatic N) is 2. The van der Waals surface area contributed by atoms with Crippen LogP contribution in [0.25, 0.3) is 0 Å². The first-order chi connectivity index (χ1) is 8.72. The van der Waals surface area contributed by atoms with Crippen molar-refractivity contribution in [1.29, 1.82) is 0 Å². The predicted molar refractivity (Wildman–Crippen MR) is 64.0 cm³/mol. The average molecular weight is 257 g/mol. The average Bonchev–Trinajstić information content (AvgIpc) is 2.40. The van der Waals surface area contributed by atoms with Crippen LogP contribution in [-0.4, -0.2) is 49.6 Å². The third-order valence-electron chi connectivity index (χ3n) is 3.09. The lowest BCUT2D eigenvalue weighted by Crippen LogP contribution is -2.46. The maximum absolute atomic E-state index is 13.2. The number of piperazine rings is 1. The van der Waals surface area contributed by atoms with Crippen molar-refractivity contribution in [3.8, 4) is 5.88 Å². The molecule has 1 aliphatic rings. The van der Waals surface area contributed by atoms with Gasteiger partial charge in [0.1, 0.15) is 0 Å². The van der Waals surface area contributed by atoms with Crippen molar-refractivity contribution in [2.75, 3.05) is 33.3 Å². The quantitative estimate of drug-likeness (QED) is 0.882. The van der Waals surface area contributed by atoms with Crippen molar-refractivity contribution in [3.63, 3.8) is 0 Å². The number of hydrogen-bond donors (Lipinski definition) is 1. The molecule has 1 fully saturated rings. The molecule has 100 valence electrons. The molecule has 1 aromatic heterocycles. The van der Waals surface area contributed by atoms with Crippen LogP contribution >= 0.6 is 0 Å². The molecule has 18 heavy (non-hydrogen) atoms. The lowest BCUT2D eigenvalue weighted by molar-refractivity contribution is 0.0180. The van der Waals surface area contributed by atoms with Crippen LogP contribution in [0.1, 0.15) is 11.6 Å². The Morgan fingerprint density at radius 3 is 2.56 bits per heavy atom. The molecule has 2 heterocycles. The van der Waals surface area contributed by atoms with Gasteiger partial charge in [0.15, 0.2) is 0 Å². The highest BCUT2D eigenvalue weighted by molar-refractivity contribution is 5.21. The lowest BCUT2D eigenvalue weighted by Gasteiger charge is -2.34. The van der Waals surface area contributed by atoms with Crippen LogP contribution in [0.4, 0.5) is 8.78 Å². The van der Waals surface area contributed by atoms with Gasteiger partial charge in [0.25, 0.3) is 6.43 Å². The third-order valence-corrected chi connectivity index (χ3v) is 3.09. The number of alkyl halides is 2. The third kappa shape index (κ3) is 2.94. The van der Waals surface area contributed by atoms with Crippen molar-refractivity contribution >= 4 is 0 Å². The van der Waals surface area contributed by atoms with Crippen molar-refractivity contribution in [2.45, 2.75) is 12.5 Å². The summed E-state index contributed by atoms with van der Waals surface area (Å²) in [5.41, 5.74) is 0.535. The van der Waals surface area contributed by atoms with Gasteiger partial charge in [-0.25, -0.2) is 13.8 Å². The van der Waals surface area contributed by atoms with E-state index in [1.54, 1.807) is 17.0 Å². The first-order valence-electron chi connectivity index (χ1n) is 5.95. The first-order valence-corrected chi connectivity index (χ1v) is 5.95. The van der Waals surface area contributed by atoms with Crippen LogP contribution in [0.3, 0.4) is 0 Å². The zero-order chi connectivity index (χ0) is 13.0. The van der Waals surface area contributed by atoms with Crippen LogP contribution in [-0.2, 0) is 0 Å². The Bertz CT molecular complexity index is 366. The molecule has 1 N–H and O–H groups in total. The number of rotatable bonds is 4. The van der Waals surface area contributed by atoms with Gasteiger partial charge in [-0.15, -0.1) is 0 Å². The number of ether oxygens (including phenoxy) is 1. The SMILES string of the molecule is COc1ccc([C@H](C(F)F)N2CCNCC2)cn1. The van der Waals surface area contributed by atoms with Crippen LogP contribution in [0.15, 0.2) is 18.3 Å². The molecule has 1 saturated heterocycles. The van der Waals surface area contributed by atoms with Gasteiger partial charge in [-0.05, 0) is 5.56 Å². The summed E-state index contributed by atoms with van der Waals surface area (Å²) in [7, 11) is 1.50. The highest BCUT2D eigenvalue weighted by atomic mass is 19.3. The molecule has 0 amide bonds. The predicted octanol–water partition coefficient (Wildman–Crippen LogP) is 1.30. The highest BCUT2D eigenvalue weighted by Crippen LogP contribution is 2.28. The number of methoxy groups -OCH3 is 1. The molecule has 1 aromatic rings. The highest BCUT2D eigenvalue weighted by Gasteiger charge is 2.30. The molecule has 6 heteroatoms. The molecule has 0 spiro atoms. The second-order valence-corrected chi connectivity index (χ2v) is 4.20. The second-order valence-electron chi connectivity index (χ2n) is 4.20. The fourth-order valence-electron chi connectivity index (χ4n) is 2.16. The van der Waals surface area contributed by atoms with Crippen LogP contribution in [0.5, 0.6) is 5.88 Å². The molecular formula is C12H17F2N3O. The van der Waals surface area contributed by atoms with Gasteiger partial charge < -0.3 is 10.1 Å². The van der Waals surface area contributed by atoms with E-state index in [0.29, 0.717) is 24.5 Å². The van der Waals surface area contributed by atoms with E-state index in [9.17, 15) is 8.78 Å². The lowest BCUT2D eigenvalue weighted by atomic mass is 10.1. The van der Waals surface area contributed by atoms with Crippen molar-refractivity contribution in [3.05, 3.63) is 23.9 Å². The molecule has 0 aliphatic carbocycles. The molecule has 1 atom stereocenters. The molecule has 0 saturated carbocycles. The molecule has 2 rings (SSSR count). The van der Waals surface area contributed by atoms with Crippen molar-refractivity contribution < 1.29 is 13.5 Å². The topological polar surface area (TPSA) is 37.4 Å². The van der Waals surface area contributed by atoms with E-state index in [1.165, 1.54) is 13.3 Å². The summed E-state index contributed by atoms with van der Waals surface area (Å²) in [6.07, 6.45) is -0.948. The minimum atomic E-state index is -2.42. The number of pyridine rings is 1. The Balaban J connectivity index is 2.17. The Kier molecular flexibility index (Phi) is 4.43. The van der Waals surface area contributed by atoms with Gasteiger partial charge >= 0.3 is 0 Å². The van der Waals surface area contributed by atoms with Gasteiger partial charge in [0, 0.05) is 38.4 Å². The first kappa shape index (κ1) is 13.2. The molecule has 4 nitrogen and oxygen atoms in total. The summed E-state index contributed by atoms with van der Waals surface area (Å²) in [6.45, 7) is 2.74. The van der Waals surface area contributed by atoms with E-state index in [4.69, 9.17) is 4.74 Å². The normalized spacial score (nSPS) is 18.9. The van der Waals surface area contributed by atoms with E-state index >= 15 is 0 Å². The molecule has 0 bridgehead atoms. The Morgan fingerprint density at radius 1 is 1.33 bits per heavy atom. The van der Waals surface area contributed by atoms with E-state index in [1.807, 2.05) is 0 Å². The largest absolute Gasteiger partial charge is 0.481 e. The minimum absolute atomic E-state index is 0.437. The van der Waals surface area contributed by atoms with Crippen molar-refractivity contribution in [2.24, 2.45) is 0 Å². The summed E-state index contributed by atoms with van der Waals surface area (Å²) in [5.74, 6) is 0.437. The van der Waals surface area contributed by atoms with E-state index < -0.39 is 12.5 Å². The summed E-state index contributed by atoms with van der Waals surface area (Å²) < 4.78 is 31.4. The van der Waals surface area contributed by atoms with Gasteiger partial charge in [-0.3, -0.25) is 4.90 Å². The maximum atomic E-state index is 13.2. The number of hydrogen-bond acceptors (Lipinski definition) is 4. The Hall–Kier alpha value is -1.27. The Morgan fingerprint density at radius 2 is 2.06 bits per heavy atom. The number of halogens is 2. The molecular weight excluding hydrogens is 240 g/mol. The zero-order valence-corrected chi connectivity index (χ0v) is 10.3.